The van der Waals surface area contributed by atoms with Crippen LogP contribution in [-0.2, 0) is 22.4 Å². The highest BCUT2D eigenvalue weighted by atomic mass is 16.5. The Morgan fingerprint density at radius 3 is 2.77 bits per heavy atom. The van der Waals surface area contributed by atoms with Crippen LogP contribution < -0.4 is 10.6 Å². The summed E-state index contributed by atoms with van der Waals surface area (Å²) in [6.07, 6.45) is 3.94. The number of nitrogens with one attached hydrogen (secondary N) is 2. The summed E-state index contributed by atoms with van der Waals surface area (Å²) in [5, 5.41) is 9.63. The standard InChI is InChI=1S/C16H23N3O3/c1-16(2,3)10-8-17-13(20)12(10)14(21)18-15-9-6-4-5-7-11(9)19-22-15/h10,12H,4-8H2,1-3H3,(H,17,20)(H,18,21)/t10-,12+/m0/s1. The molecule has 22 heavy (non-hydrogen) atoms. The summed E-state index contributed by atoms with van der Waals surface area (Å²) >= 11 is 0. The number of rotatable bonds is 2. The van der Waals surface area contributed by atoms with Crippen LogP contribution in [0.2, 0.25) is 0 Å². The highest BCUT2D eigenvalue weighted by Crippen LogP contribution is 2.36. The van der Waals surface area contributed by atoms with Crippen LogP contribution in [0, 0.1) is 17.3 Å². The van der Waals surface area contributed by atoms with E-state index in [0.717, 1.165) is 36.9 Å². The summed E-state index contributed by atoms with van der Waals surface area (Å²) in [5.41, 5.74) is 1.80. The van der Waals surface area contributed by atoms with Crippen LogP contribution in [0.4, 0.5) is 5.88 Å². The zero-order valence-electron chi connectivity index (χ0n) is 13.4. The Hall–Kier alpha value is -1.85. The van der Waals surface area contributed by atoms with Gasteiger partial charge >= 0.3 is 0 Å². The van der Waals surface area contributed by atoms with Crippen molar-refractivity contribution < 1.29 is 14.1 Å². The van der Waals surface area contributed by atoms with Gasteiger partial charge in [-0.2, -0.15) is 0 Å². The fourth-order valence-corrected chi connectivity index (χ4v) is 3.41. The summed E-state index contributed by atoms with van der Waals surface area (Å²) in [6.45, 7) is 6.69. The molecule has 2 atom stereocenters. The van der Waals surface area contributed by atoms with Crippen molar-refractivity contribution in [3.63, 3.8) is 0 Å². The number of nitrogens with zero attached hydrogens (tertiary/aromatic N) is 1. The molecule has 1 saturated heterocycles. The van der Waals surface area contributed by atoms with E-state index in [1.54, 1.807) is 0 Å². The topological polar surface area (TPSA) is 84.2 Å². The van der Waals surface area contributed by atoms with Gasteiger partial charge in [0.2, 0.25) is 17.7 Å². The van der Waals surface area contributed by atoms with Gasteiger partial charge in [-0.3, -0.25) is 14.9 Å². The molecule has 120 valence electrons. The number of aromatic nitrogens is 1. The van der Waals surface area contributed by atoms with Crippen molar-refractivity contribution >= 4 is 17.7 Å². The predicted molar refractivity (Wildman–Crippen MR) is 81.2 cm³/mol. The van der Waals surface area contributed by atoms with E-state index < -0.39 is 5.92 Å². The monoisotopic (exact) mass is 305 g/mol. The molecule has 6 heteroatoms. The number of aryl methyl sites for hydroxylation is 1. The Kier molecular flexibility index (Phi) is 3.70. The maximum absolute atomic E-state index is 12.6. The molecule has 0 unspecified atom stereocenters. The smallest absolute Gasteiger partial charge is 0.239 e. The molecule has 2 heterocycles. The van der Waals surface area contributed by atoms with Gasteiger partial charge in [-0.05, 0) is 31.1 Å². The number of carbonyl (C=O) groups is 2. The zero-order valence-corrected chi connectivity index (χ0v) is 13.4. The average molecular weight is 305 g/mol. The first-order chi connectivity index (χ1) is 10.4. The second-order valence-electron chi connectivity index (χ2n) is 7.33. The van der Waals surface area contributed by atoms with Gasteiger partial charge in [0.15, 0.2) is 0 Å². The minimum atomic E-state index is -0.677. The van der Waals surface area contributed by atoms with E-state index >= 15 is 0 Å². The van der Waals surface area contributed by atoms with E-state index in [1.165, 1.54) is 0 Å². The molecule has 0 spiro atoms. The van der Waals surface area contributed by atoms with Gasteiger partial charge in [-0.15, -0.1) is 0 Å². The van der Waals surface area contributed by atoms with Crippen molar-refractivity contribution in [2.24, 2.45) is 17.3 Å². The Labute approximate surface area is 130 Å². The normalized spacial score (nSPS) is 24.8. The molecule has 0 aromatic carbocycles. The molecule has 0 bridgehead atoms. The molecule has 1 aromatic heterocycles. The maximum atomic E-state index is 12.6. The first-order valence-electron chi connectivity index (χ1n) is 7.94. The fourth-order valence-electron chi connectivity index (χ4n) is 3.41. The van der Waals surface area contributed by atoms with Gasteiger partial charge in [0.05, 0.1) is 5.69 Å². The number of amides is 2. The number of hydrogen-bond donors (Lipinski definition) is 2. The van der Waals surface area contributed by atoms with Crippen LogP contribution in [-0.4, -0.2) is 23.5 Å². The summed E-state index contributed by atoms with van der Waals surface area (Å²) < 4.78 is 5.29. The lowest BCUT2D eigenvalue weighted by Crippen LogP contribution is -2.37. The highest BCUT2D eigenvalue weighted by molar-refractivity contribution is 6.07. The average Bonchev–Trinajstić information content (AvgIpc) is 3.03. The largest absolute Gasteiger partial charge is 0.355 e. The second-order valence-corrected chi connectivity index (χ2v) is 7.33. The Morgan fingerprint density at radius 2 is 2.05 bits per heavy atom. The molecule has 2 aliphatic rings. The quantitative estimate of drug-likeness (QED) is 0.817. The van der Waals surface area contributed by atoms with E-state index in [0.29, 0.717) is 12.4 Å². The molecular formula is C16H23N3O3. The first kappa shape index (κ1) is 15.1. The zero-order chi connectivity index (χ0) is 15.9. The number of carbonyl (C=O) groups excluding carboxylic acids is 2. The Balaban J connectivity index is 1.79. The Morgan fingerprint density at radius 1 is 1.32 bits per heavy atom. The van der Waals surface area contributed by atoms with Crippen molar-refractivity contribution in [2.45, 2.75) is 46.5 Å². The lowest BCUT2D eigenvalue weighted by atomic mass is 9.74. The lowest BCUT2D eigenvalue weighted by Gasteiger charge is -2.29. The Bertz CT molecular complexity index is 600. The third-order valence-electron chi connectivity index (χ3n) is 4.77. The maximum Gasteiger partial charge on any atom is 0.239 e. The van der Waals surface area contributed by atoms with Gasteiger partial charge in [0.25, 0.3) is 0 Å². The lowest BCUT2D eigenvalue weighted by molar-refractivity contribution is -0.132. The molecule has 0 saturated carbocycles. The first-order valence-corrected chi connectivity index (χ1v) is 7.94. The molecule has 1 fully saturated rings. The highest BCUT2D eigenvalue weighted by Gasteiger charge is 2.46. The van der Waals surface area contributed by atoms with Crippen molar-refractivity contribution in [2.75, 3.05) is 11.9 Å². The summed E-state index contributed by atoms with van der Waals surface area (Å²) in [7, 11) is 0. The van der Waals surface area contributed by atoms with Crippen molar-refractivity contribution in [1.29, 1.82) is 0 Å². The number of anilines is 1. The third-order valence-corrected chi connectivity index (χ3v) is 4.77. The van der Waals surface area contributed by atoms with Gasteiger partial charge < -0.3 is 9.84 Å². The van der Waals surface area contributed by atoms with Crippen LogP contribution in [0.3, 0.4) is 0 Å². The second kappa shape index (κ2) is 5.41. The van der Waals surface area contributed by atoms with Gasteiger partial charge in [-0.25, -0.2) is 0 Å². The molecule has 2 amide bonds. The molecule has 6 nitrogen and oxygen atoms in total. The van der Waals surface area contributed by atoms with Gasteiger partial charge in [0, 0.05) is 18.0 Å². The van der Waals surface area contributed by atoms with Crippen LogP contribution in [0.5, 0.6) is 0 Å². The SMILES string of the molecule is CC(C)(C)[C@H]1CNC(=O)[C@@H]1C(=O)Nc1onc2c1CCCC2. The van der Waals surface area contributed by atoms with Crippen LogP contribution in [0.25, 0.3) is 0 Å². The van der Waals surface area contributed by atoms with Gasteiger partial charge in [-0.1, -0.05) is 25.9 Å². The van der Waals surface area contributed by atoms with Crippen molar-refractivity contribution in [3.05, 3.63) is 11.3 Å². The number of fused-ring (bicyclic) bond motifs is 1. The van der Waals surface area contributed by atoms with E-state index in [9.17, 15) is 9.59 Å². The molecule has 1 aromatic rings. The molecule has 3 rings (SSSR count). The molecule has 0 radical (unpaired) electrons. The van der Waals surface area contributed by atoms with E-state index in [2.05, 4.69) is 36.6 Å². The van der Waals surface area contributed by atoms with E-state index in [1.807, 2.05) is 0 Å². The van der Waals surface area contributed by atoms with Crippen molar-refractivity contribution in [1.82, 2.24) is 10.5 Å². The summed E-state index contributed by atoms with van der Waals surface area (Å²) in [6, 6.07) is 0. The fraction of sp³-hybridized carbons (Fsp3) is 0.688. The molecular weight excluding hydrogens is 282 g/mol. The minimum Gasteiger partial charge on any atom is -0.355 e. The number of hydrogen-bond acceptors (Lipinski definition) is 4. The molecule has 1 aliphatic carbocycles. The van der Waals surface area contributed by atoms with Crippen LogP contribution in [0.15, 0.2) is 4.52 Å². The summed E-state index contributed by atoms with van der Waals surface area (Å²) in [4.78, 5) is 24.7. The van der Waals surface area contributed by atoms with E-state index in [-0.39, 0.29) is 23.1 Å². The predicted octanol–water partition coefficient (Wildman–Crippen LogP) is 1.90. The van der Waals surface area contributed by atoms with Gasteiger partial charge in [0.1, 0.15) is 5.92 Å². The van der Waals surface area contributed by atoms with Crippen molar-refractivity contribution in [3.8, 4) is 0 Å². The minimum absolute atomic E-state index is 0.0289. The van der Waals surface area contributed by atoms with Crippen LogP contribution >= 0.6 is 0 Å². The third kappa shape index (κ3) is 2.62. The van der Waals surface area contributed by atoms with Crippen LogP contribution in [0.1, 0.15) is 44.9 Å². The molecule has 1 aliphatic heterocycles. The summed E-state index contributed by atoms with van der Waals surface area (Å²) in [5.74, 6) is -0.777. The van der Waals surface area contributed by atoms with E-state index in [4.69, 9.17) is 4.52 Å². The molecule has 2 N–H and O–H groups in total.